The molecule has 0 aromatic rings. The highest BCUT2D eigenvalue weighted by Crippen LogP contribution is 2.57. The molecule has 0 spiro atoms. The van der Waals surface area contributed by atoms with E-state index in [0.29, 0.717) is 45.1 Å². The highest BCUT2D eigenvalue weighted by atomic mass is 16.6. The van der Waals surface area contributed by atoms with E-state index in [1.165, 1.54) is 0 Å². The van der Waals surface area contributed by atoms with Crippen LogP contribution < -0.4 is 0 Å². The third-order valence-electron chi connectivity index (χ3n) is 5.94. The van der Waals surface area contributed by atoms with Gasteiger partial charge >= 0.3 is 0 Å². The molecule has 0 aromatic carbocycles. The van der Waals surface area contributed by atoms with Gasteiger partial charge in [0.1, 0.15) is 11.3 Å². The monoisotopic (exact) mass is 268 g/mol. The van der Waals surface area contributed by atoms with E-state index in [4.69, 9.17) is 0 Å². The largest absolute Gasteiger partial charge is 0.567 e. The molecule has 104 valence electrons. The van der Waals surface area contributed by atoms with Crippen molar-refractivity contribution >= 4 is 0 Å². The molecule has 0 N–H and O–H groups in total. The fraction of sp³-hybridized carbons (Fsp3) is 1.00. The Morgan fingerprint density at radius 3 is 1.58 bits per heavy atom. The average Bonchev–Trinajstić information content (AvgIpc) is 2.74. The van der Waals surface area contributed by atoms with Gasteiger partial charge in [0.25, 0.3) is 0 Å². The van der Waals surface area contributed by atoms with Crippen molar-refractivity contribution in [1.82, 2.24) is 0 Å². The van der Waals surface area contributed by atoms with Crippen LogP contribution in [0, 0.1) is 32.2 Å². The third kappa shape index (κ3) is 0.997. The van der Waals surface area contributed by atoms with E-state index in [-0.39, 0.29) is 30.1 Å². The molecule has 4 unspecified atom stereocenters. The highest BCUT2D eigenvalue weighted by Gasteiger charge is 2.78. The fourth-order valence-electron chi connectivity index (χ4n) is 5.15. The molecule has 2 fully saturated rings. The Balaban J connectivity index is 1.86. The SMILES string of the molecule is CC12C3[C@H]4CCC1[N+]([O-])=[N+]([O-])C2CC[C@@H]3[N+]([O-])=[N+]4[O-]. The molecule has 2 aliphatic heterocycles. The van der Waals surface area contributed by atoms with E-state index >= 15 is 0 Å². The molecule has 0 amide bonds. The minimum Gasteiger partial charge on any atom is -0.567 e. The summed E-state index contributed by atoms with van der Waals surface area (Å²) in [5.41, 5.74) is -0.544. The van der Waals surface area contributed by atoms with E-state index in [0.717, 1.165) is 0 Å². The zero-order chi connectivity index (χ0) is 13.5. The Morgan fingerprint density at radius 2 is 1.16 bits per heavy atom. The van der Waals surface area contributed by atoms with Crippen LogP contribution in [-0.4, -0.2) is 43.6 Å². The van der Waals surface area contributed by atoms with Crippen LogP contribution >= 0.6 is 0 Å². The van der Waals surface area contributed by atoms with Crippen LogP contribution in [0.3, 0.4) is 0 Å². The van der Waals surface area contributed by atoms with Crippen molar-refractivity contribution in [3.05, 3.63) is 20.8 Å². The Hall–Kier alpha value is -1.60. The highest BCUT2D eigenvalue weighted by molar-refractivity contribution is 5.07. The zero-order valence-corrected chi connectivity index (χ0v) is 10.6. The predicted octanol–water partition coefficient (Wildman–Crippen LogP) is 0.644. The van der Waals surface area contributed by atoms with Crippen molar-refractivity contribution < 1.29 is 19.4 Å². The van der Waals surface area contributed by atoms with Crippen molar-refractivity contribution in [2.24, 2.45) is 11.3 Å². The predicted molar refractivity (Wildman–Crippen MR) is 59.7 cm³/mol. The molecule has 2 saturated carbocycles. The molecule has 2 heterocycles. The summed E-state index contributed by atoms with van der Waals surface area (Å²) in [6, 6.07) is -1.52. The maximum Gasteiger partial charge on any atom is 0.242 e. The summed E-state index contributed by atoms with van der Waals surface area (Å²) >= 11 is 0. The molecule has 4 rings (SSSR count). The number of azo groups is 2. The quantitative estimate of drug-likeness (QED) is 0.475. The molecule has 8 heteroatoms. The first-order valence-corrected chi connectivity index (χ1v) is 6.83. The summed E-state index contributed by atoms with van der Waals surface area (Å²) in [7, 11) is 0. The van der Waals surface area contributed by atoms with Gasteiger partial charge in [0.15, 0.2) is 0 Å². The number of hydroxylamine groups is 4. The normalized spacial score (nSPS) is 51.7. The molecule has 2 aliphatic carbocycles. The first-order chi connectivity index (χ1) is 8.98. The van der Waals surface area contributed by atoms with Crippen LogP contribution in [0.1, 0.15) is 32.6 Å². The lowest BCUT2D eigenvalue weighted by Gasteiger charge is -2.40. The Bertz CT molecular complexity index is 491. The van der Waals surface area contributed by atoms with Crippen LogP contribution in [-0.2, 0) is 0 Å². The number of hydrogen-bond donors (Lipinski definition) is 0. The van der Waals surface area contributed by atoms with Gasteiger partial charge in [-0.15, -0.1) is 0 Å². The molecule has 4 aliphatic rings. The van der Waals surface area contributed by atoms with Gasteiger partial charge in [-0.05, 0) is 6.92 Å². The van der Waals surface area contributed by atoms with Gasteiger partial charge in [-0.25, -0.2) is 0 Å². The second kappa shape index (κ2) is 3.10. The maximum absolute atomic E-state index is 12.0. The number of nitrogens with zero attached hydrogens (tertiary/aromatic N) is 4. The lowest BCUT2D eigenvalue weighted by molar-refractivity contribution is -0.978. The molecule has 8 nitrogen and oxygen atoms in total. The van der Waals surface area contributed by atoms with Crippen molar-refractivity contribution in [2.75, 3.05) is 0 Å². The van der Waals surface area contributed by atoms with E-state index in [2.05, 4.69) is 0 Å². The molecule has 6 atom stereocenters. The standard InChI is InChI=1S/C11H16N4O4/c1-11-8-4-2-6-10(11)7(13(17)12(6)16)3-5-9(11)15(19)14(8)18/h6-10H,2-5H2,1H3/t6-,7+,8?,9?,10?,11?. The lowest BCUT2D eigenvalue weighted by atomic mass is 9.54. The van der Waals surface area contributed by atoms with E-state index < -0.39 is 5.41 Å². The van der Waals surface area contributed by atoms with Crippen molar-refractivity contribution in [2.45, 2.75) is 56.8 Å². The summed E-state index contributed by atoms with van der Waals surface area (Å²) < 4.78 is 0. The molecule has 0 bridgehead atoms. The summed E-state index contributed by atoms with van der Waals surface area (Å²) in [6.07, 6.45) is 2.05. The maximum atomic E-state index is 12.0. The van der Waals surface area contributed by atoms with Crippen LogP contribution in [0.25, 0.3) is 0 Å². The van der Waals surface area contributed by atoms with Gasteiger partial charge in [0.2, 0.25) is 24.2 Å². The van der Waals surface area contributed by atoms with Gasteiger partial charge in [-0.1, -0.05) is 0 Å². The summed E-state index contributed by atoms with van der Waals surface area (Å²) in [5.74, 6) is -0.171. The van der Waals surface area contributed by atoms with Crippen LogP contribution in [0.15, 0.2) is 0 Å². The lowest BCUT2D eigenvalue weighted by Crippen LogP contribution is -2.59. The van der Waals surface area contributed by atoms with Gasteiger partial charge < -0.3 is 20.8 Å². The number of rotatable bonds is 0. The van der Waals surface area contributed by atoms with E-state index in [9.17, 15) is 20.8 Å². The summed E-state index contributed by atoms with van der Waals surface area (Å²) in [6.45, 7) is 1.92. The van der Waals surface area contributed by atoms with Crippen LogP contribution in [0.4, 0.5) is 0 Å². The van der Waals surface area contributed by atoms with Crippen molar-refractivity contribution in [1.29, 1.82) is 0 Å². The van der Waals surface area contributed by atoms with Gasteiger partial charge in [-0.2, -0.15) is 0 Å². The molecule has 19 heavy (non-hydrogen) atoms. The first kappa shape index (κ1) is 11.2. The Labute approximate surface area is 109 Å². The van der Waals surface area contributed by atoms with E-state index in [1.807, 2.05) is 6.92 Å². The molecular formula is C11H16N4O4. The fourth-order valence-corrected chi connectivity index (χ4v) is 5.15. The van der Waals surface area contributed by atoms with Crippen LogP contribution in [0.5, 0.6) is 0 Å². The molecule has 0 aromatic heterocycles. The second-order valence-corrected chi connectivity index (χ2v) is 6.42. The second-order valence-electron chi connectivity index (χ2n) is 6.42. The molecular weight excluding hydrogens is 252 g/mol. The minimum absolute atomic E-state index is 0.171. The Morgan fingerprint density at radius 1 is 0.737 bits per heavy atom. The van der Waals surface area contributed by atoms with Crippen molar-refractivity contribution in [3.8, 4) is 0 Å². The smallest absolute Gasteiger partial charge is 0.242 e. The molecule has 0 saturated heterocycles. The third-order valence-corrected chi connectivity index (χ3v) is 5.94. The molecule has 0 radical (unpaired) electrons. The minimum atomic E-state index is -0.544. The topological polar surface area (TPSA) is 104 Å². The van der Waals surface area contributed by atoms with Crippen molar-refractivity contribution in [3.63, 3.8) is 0 Å². The summed E-state index contributed by atoms with van der Waals surface area (Å²) in [4.78, 5) is 2.18. The first-order valence-electron chi connectivity index (χ1n) is 6.83. The number of hydrogen-bond acceptors (Lipinski definition) is 4. The van der Waals surface area contributed by atoms with E-state index in [1.54, 1.807) is 0 Å². The van der Waals surface area contributed by atoms with Crippen LogP contribution in [0.2, 0.25) is 0 Å². The van der Waals surface area contributed by atoms with Gasteiger partial charge in [0, 0.05) is 45.1 Å². The summed E-state index contributed by atoms with van der Waals surface area (Å²) in [5, 5.41) is 48.0. The zero-order valence-electron chi connectivity index (χ0n) is 10.6. The Kier molecular flexibility index (Phi) is 1.84. The van der Waals surface area contributed by atoms with Gasteiger partial charge in [-0.3, -0.25) is 0 Å². The average molecular weight is 268 g/mol. The van der Waals surface area contributed by atoms with Gasteiger partial charge in [0.05, 0.1) is 0 Å².